The molecule has 3 aromatic rings. The highest BCUT2D eigenvalue weighted by atomic mass is 16.3. The van der Waals surface area contributed by atoms with Gasteiger partial charge in [0.1, 0.15) is 6.26 Å². The van der Waals surface area contributed by atoms with E-state index in [-0.39, 0.29) is 5.91 Å². The molecule has 0 N–H and O–H groups in total. The summed E-state index contributed by atoms with van der Waals surface area (Å²) in [5.41, 5.74) is 2.73. The fourth-order valence-corrected chi connectivity index (χ4v) is 4.13. The van der Waals surface area contributed by atoms with Crippen LogP contribution < -0.4 is 4.90 Å². The van der Waals surface area contributed by atoms with Crippen LogP contribution in [0.1, 0.15) is 47.8 Å². The molecule has 5 heterocycles. The van der Waals surface area contributed by atoms with Crippen molar-refractivity contribution in [2.75, 3.05) is 31.1 Å². The van der Waals surface area contributed by atoms with E-state index in [4.69, 9.17) is 14.5 Å². The molecule has 1 amide bonds. The predicted octanol–water partition coefficient (Wildman–Crippen LogP) is 2.94. The number of anilines is 1. The fourth-order valence-electron chi connectivity index (χ4n) is 4.13. The average molecular weight is 365 g/mol. The Hall–Kier alpha value is -2.83. The summed E-state index contributed by atoms with van der Waals surface area (Å²) in [5.74, 6) is 1.23. The number of hydrogen-bond acceptors (Lipinski definition) is 5. The largest absolute Gasteiger partial charge is 0.472 e. The zero-order valence-electron chi connectivity index (χ0n) is 15.3. The van der Waals surface area contributed by atoms with Gasteiger partial charge in [0.15, 0.2) is 11.5 Å². The third-order valence-corrected chi connectivity index (χ3v) is 5.72. The third kappa shape index (κ3) is 3.07. The lowest BCUT2D eigenvalue weighted by Gasteiger charge is -2.30. The van der Waals surface area contributed by atoms with Gasteiger partial charge in [-0.1, -0.05) is 0 Å². The molecular weight excluding hydrogens is 342 g/mol. The maximum Gasteiger partial charge on any atom is 0.257 e. The first-order chi connectivity index (χ1) is 13.3. The quantitative estimate of drug-likeness (QED) is 0.714. The monoisotopic (exact) mass is 365 g/mol. The number of hydrogen-bond donors (Lipinski definition) is 0. The lowest BCUT2D eigenvalue weighted by molar-refractivity contribution is 0.0710. The molecule has 27 heavy (non-hydrogen) atoms. The molecule has 2 fully saturated rings. The van der Waals surface area contributed by atoms with E-state index in [9.17, 15) is 4.79 Å². The molecule has 0 atom stereocenters. The van der Waals surface area contributed by atoms with E-state index in [2.05, 4.69) is 23.2 Å². The molecule has 0 bridgehead atoms. The van der Waals surface area contributed by atoms with E-state index >= 15 is 0 Å². The number of furan rings is 1. The van der Waals surface area contributed by atoms with E-state index < -0.39 is 0 Å². The molecule has 3 aromatic heterocycles. The summed E-state index contributed by atoms with van der Waals surface area (Å²) in [6, 6.07) is 5.92. The lowest BCUT2D eigenvalue weighted by atomic mass is 9.96. The van der Waals surface area contributed by atoms with Crippen molar-refractivity contribution < 1.29 is 9.21 Å². The van der Waals surface area contributed by atoms with Gasteiger partial charge in [0.05, 0.1) is 23.7 Å². The number of aromatic nitrogens is 3. The predicted molar refractivity (Wildman–Crippen MR) is 101 cm³/mol. The van der Waals surface area contributed by atoms with Crippen LogP contribution in [0.15, 0.2) is 41.3 Å². The number of pyridine rings is 1. The Morgan fingerprint density at radius 3 is 2.63 bits per heavy atom. The molecule has 0 aromatic carbocycles. The van der Waals surface area contributed by atoms with Crippen molar-refractivity contribution in [1.82, 2.24) is 19.5 Å². The molecule has 0 aliphatic carbocycles. The molecule has 2 saturated heterocycles. The minimum absolute atomic E-state index is 0.0421. The Morgan fingerprint density at radius 2 is 1.89 bits per heavy atom. The van der Waals surface area contributed by atoms with Crippen LogP contribution in [0, 0.1) is 0 Å². The van der Waals surface area contributed by atoms with Gasteiger partial charge in [-0.15, -0.1) is 0 Å². The number of amides is 1. The van der Waals surface area contributed by atoms with Crippen LogP contribution in [0.4, 0.5) is 5.69 Å². The van der Waals surface area contributed by atoms with Crippen molar-refractivity contribution in [3.05, 3.63) is 48.3 Å². The first-order valence-corrected chi connectivity index (χ1v) is 9.71. The van der Waals surface area contributed by atoms with Crippen molar-refractivity contribution in [2.24, 2.45) is 0 Å². The van der Waals surface area contributed by atoms with Gasteiger partial charge >= 0.3 is 0 Å². The summed E-state index contributed by atoms with van der Waals surface area (Å²) in [4.78, 5) is 21.5. The molecule has 2 aliphatic heterocycles. The maximum atomic E-state index is 12.4. The van der Waals surface area contributed by atoms with Crippen molar-refractivity contribution >= 4 is 17.2 Å². The average Bonchev–Trinajstić information content (AvgIpc) is 3.48. The molecule has 0 radical (unpaired) electrons. The normalized spacial score (nSPS) is 18.5. The van der Waals surface area contributed by atoms with Crippen molar-refractivity contribution in [3.8, 4) is 0 Å². The van der Waals surface area contributed by atoms with Crippen LogP contribution in [0.5, 0.6) is 0 Å². The van der Waals surface area contributed by atoms with Crippen molar-refractivity contribution in [3.63, 3.8) is 0 Å². The number of carbonyl (C=O) groups is 1. The minimum atomic E-state index is 0.0421. The van der Waals surface area contributed by atoms with E-state index in [1.165, 1.54) is 31.1 Å². The Bertz CT molecular complexity index is 935. The van der Waals surface area contributed by atoms with Crippen LogP contribution in [0.3, 0.4) is 0 Å². The van der Waals surface area contributed by atoms with Gasteiger partial charge in [-0.2, -0.15) is 5.10 Å². The number of nitrogens with zero attached hydrogens (tertiary/aromatic N) is 5. The minimum Gasteiger partial charge on any atom is -0.472 e. The number of rotatable bonds is 3. The summed E-state index contributed by atoms with van der Waals surface area (Å²) in [6.45, 7) is 3.69. The van der Waals surface area contributed by atoms with Crippen molar-refractivity contribution in [1.29, 1.82) is 0 Å². The highest BCUT2D eigenvalue weighted by Gasteiger charge is 2.27. The number of piperidine rings is 1. The molecule has 0 saturated carbocycles. The van der Waals surface area contributed by atoms with Crippen LogP contribution in [0.25, 0.3) is 5.65 Å². The lowest BCUT2D eigenvalue weighted by Crippen LogP contribution is -2.37. The second-order valence-electron chi connectivity index (χ2n) is 7.43. The molecule has 0 spiro atoms. The maximum absolute atomic E-state index is 12.4. The number of carbonyl (C=O) groups excluding carboxylic acids is 1. The zero-order chi connectivity index (χ0) is 18.2. The van der Waals surface area contributed by atoms with Gasteiger partial charge in [-0.05, 0) is 43.9 Å². The van der Waals surface area contributed by atoms with E-state index in [0.29, 0.717) is 11.5 Å². The summed E-state index contributed by atoms with van der Waals surface area (Å²) in [7, 11) is 0. The smallest absolute Gasteiger partial charge is 0.257 e. The highest BCUT2D eigenvalue weighted by Crippen LogP contribution is 2.28. The highest BCUT2D eigenvalue weighted by molar-refractivity contribution is 5.93. The number of fused-ring (bicyclic) bond motifs is 1. The molecule has 7 nitrogen and oxygen atoms in total. The van der Waals surface area contributed by atoms with Crippen LogP contribution in [-0.2, 0) is 0 Å². The van der Waals surface area contributed by atoms with Crippen LogP contribution in [-0.4, -0.2) is 51.6 Å². The first-order valence-electron chi connectivity index (χ1n) is 9.71. The van der Waals surface area contributed by atoms with E-state index in [1.807, 2.05) is 9.42 Å². The summed E-state index contributed by atoms with van der Waals surface area (Å²) < 4.78 is 6.93. The third-order valence-electron chi connectivity index (χ3n) is 5.72. The Kier molecular flexibility index (Phi) is 4.07. The standard InChI is InChI=1S/C20H23N5O2/c26-20(16-7-12-27-14-16)24-10-5-15(6-11-24)19-21-18-4-3-17(13-25(18)22-19)23-8-1-2-9-23/h3-4,7,12-15H,1-2,5-6,8-11H2. The molecule has 0 unspecified atom stereocenters. The van der Waals surface area contributed by atoms with E-state index in [1.54, 1.807) is 6.07 Å². The van der Waals surface area contributed by atoms with E-state index in [0.717, 1.165) is 50.5 Å². The Labute approximate surface area is 157 Å². The van der Waals surface area contributed by atoms with Gasteiger partial charge in [0.25, 0.3) is 5.91 Å². The van der Waals surface area contributed by atoms with Crippen molar-refractivity contribution in [2.45, 2.75) is 31.6 Å². The second-order valence-corrected chi connectivity index (χ2v) is 7.43. The summed E-state index contributed by atoms with van der Waals surface area (Å²) in [5, 5.41) is 4.75. The van der Waals surface area contributed by atoms with Crippen LogP contribution in [0.2, 0.25) is 0 Å². The van der Waals surface area contributed by atoms with Gasteiger partial charge in [0, 0.05) is 32.1 Å². The Balaban J connectivity index is 1.29. The SMILES string of the molecule is O=C(c1ccoc1)N1CCC(c2nc3ccc(N4CCCC4)cn3n2)CC1. The second kappa shape index (κ2) is 6.72. The van der Waals surface area contributed by atoms with Gasteiger partial charge in [0.2, 0.25) is 0 Å². The van der Waals surface area contributed by atoms with Gasteiger partial charge in [-0.3, -0.25) is 4.79 Å². The number of likely N-dealkylation sites (tertiary alicyclic amines) is 1. The molecule has 140 valence electrons. The fraction of sp³-hybridized carbons (Fsp3) is 0.450. The molecule has 2 aliphatic rings. The summed E-state index contributed by atoms with van der Waals surface area (Å²) in [6.07, 6.45) is 9.44. The topological polar surface area (TPSA) is 66.9 Å². The first kappa shape index (κ1) is 16.4. The van der Waals surface area contributed by atoms with Gasteiger partial charge in [-0.25, -0.2) is 9.50 Å². The summed E-state index contributed by atoms with van der Waals surface area (Å²) >= 11 is 0. The molecule has 7 heteroatoms. The zero-order valence-corrected chi connectivity index (χ0v) is 15.3. The molecular formula is C20H23N5O2. The molecule has 5 rings (SSSR count). The van der Waals surface area contributed by atoms with Gasteiger partial charge < -0.3 is 14.2 Å². The van der Waals surface area contributed by atoms with Crippen LogP contribution >= 0.6 is 0 Å². The Morgan fingerprint density at radius 1 is 1.07 bits per heavy atom.